The second kappa shape index (κ2) is 13.5. The predicted molar refractivity (Wildman–Crippen MR) is 143 cm³/mol. The number of hydrogen-bond acceptors (Lipinski definition) is 8. The zero-order valence-corrected chi connectivity index (χ0v) is 24.4. The zero-order chi connectivity index (χ0) is 28.0. The second-order valence-corrected chi connectivity index (χ2v) is 13.2. The van der Waals surface area contributed by atoms with Gasteiger partial charge in [0.1, 0.15) is 29.7 Å². The van der Waals surface area contributed by atoms with Gasteiger partial charge in [-0.25, -0.2) is 9.59 Å². The largest absolute Gasteiger partial charge is 0.508 e. The smallest absolute Gasteiger partial charge is 0.458 e. The topological polar surface area (TPSA) is 111 Å². The van der Waals surface area contributed by atoms with Gasteiger partial charge in [-0.15, -0.1) is 11.8 Å². The van der Waals surface area contributed by atoms with Crippen LogP contribution < -0.4 is 5.32 Å². The number of amides is 2. The Balaban J connectivity index is 2.05. The molecule has 0 bridgehead atoms. The molecule has 1 aliphatic rings. The Morgan fingerprint density at radius 3 is 2.32 bits per heavy atom. The summed E-state index contributed by atoms with van der Waals surface area (Å²) in [7, 11) is 0. The summed E-state index contributed by atoms with van der Waals surface area (Å²) in [6.45, 7) is 6.11. The highest BCUT2D eigenvalue weighted by atomic mass is 35.6. The third-order valence-electron chi connectivity index (χ3n) is 4.60. The molecule has 4 atom stereocenters. The van der Waals surface area contributed by atoms with E-state index in [2.05, 4.69) is 5.32 Å². The quantitative estimate of drug-likeness (QED) is 0.178. The average molecular weight is 618 g/mol. The summed E-state index contributed by atoms with van der Waals surface area (Å²) >= 11 is 24.1. The number of halogens is 4. The van der Waals surface area contributed by atoms with Gasteiger partial charge in [0.05, 0.1) is 6.42 Å². The molecule has 37 heavy (non-hydrogen) atoms. The first-order valence-electron chi connectivity index (χ1n) is 11.1. The van der Waals surface area contributed by atoms with Crippen LogP contribution in [0.15, 0.2) is 30.3 Å². The Labute approximate surface area is 239 Å². The van der Waals surface area contributed by atoms with Gasteiger partial charge >= 0.3 is 12.1 Å². The molecule has 0 aliphatic carbocycles. The van der Waals surface area contributed by atoms with E-state index in [0.29, 0.717) is 0 Å². The molecular formula is C23H28Cl4N2O7S. The summed E-state index contributed by atoms with van der Waals surface area (Å²) in [6, 6.07) is 8.06. The third kappa shape index (κ3) is 10.6. The fraction of sp³-hybridized carbons (Fsp3) is 0.565. The number of nitrogens with one attached hydrogen (secondary N) is 1. The van der Waals surface area contributed by atoms with Crippen LogP contribution in [0.3, 0.4) is 0 Å². The van der Waals surface area contributed by atoms with Crippen molar-refractivity contribution in [3.8, 4) is 0 Å². The van der Waals surface area contributed by atoms with Crippen LogP contribution in [-0.2, 0) is 35.0 Å². The van der Waals surface area contributed by atoms with Crippen molar-refractivity contribution >= 4 is 82.1 Å². The number of carbonyl (C=O) groups excluding carboxylic acids is 4. The van der Waals surface area contributed by atoms with Crippen LogP contribution in [-0.4, -0.2) is 73.6 Å². The van der Waals surface area contributed by atoms with E-state index in [1.165, 1.54) is 0 Å². The van der Waals surface area contributed by atoms with E-state index in [0.717, 1.165) is 22.2 Å². The van der Waals surface area contributed by atoms with Crippen molar-refractivity contribution in [2.75, 3.05) is 12.4 Å². The molecule has 1 aliphatic heterocycles. The Morgan fingerprint density at radius 2 is 1.76 bits per heavy atom. The molecule has 0 aromatic heterocycles. The lowest BCUT2D eigenvalue weighted by Crippen LogP contribution is -2.72. The minimum atomic E-state index is -1.79. The number of carbonyl (C=O) groups is 4. The molecule has 2 unspecified atom stereocenters. The maximum atomic E-state index is 12.9. The van der Waals surface area contributed by atoms with E-state index >= 15 is 0 Å². The lowest BCUT2D eigenvalue weighted by atomic mass is 10.1. The lowest BCUT2D eigenvalue weighted by molar-refractivity contribution is -0.167. The van der Waals surface area contributed by atoms with Crippen molar-refractivity contribution in [1.29, 1.82) is 0 Å². The van der Waals surface area contributed by atoms with Crippen molar-refractivity contribution in [3.05, 3.63) is 35.9 Å². The molecule has 9 nitrogen and oxygen atoms in total. The van der Waals surface area contributed by atoms with Gasteiger partial charge in [0.2, 0.25) is 15.2 Å². The van der Waals surface area contributed by atoms with Crippen molar-refractivity contribution in [3.63, 3.8) is 0 Å². The van der Waals surface area contributed by atoms with Gasteiger partial charge in [-0.1, -0.05) is 76.7 Å². The van der Waals surface area contributed by atoms with Gasteiger partial charge in [0.15, 0.2) is 0 Å². The van der Waals surface area contributed by atoms with Crippen LogP contribution in [0.2, 0.25) is 0 Å². The van der Waals surface area contributed by atoms with Gasteiger partial charge in [-0.3, -0.25) is 14.5 Å². The molecule has 1 saturated heterocycles. The van der Waals surface area contributed by atoms with E-state index in [-0.39, 0.29) is 18.1 Å². The van der Waals surface area contributed by atoms with Crippen LogP contribution in [0.25, 0.3) is 0 Å². The number of thioether (sulfide) groups is 1. The molecule has 2 amide bonds. The van der Waals surface area contributed by atoms with E-state index in [4.69, 9.17) is 60.6 Å². The summed E-state index contributed by atoms with van der Waals surface area (Å²) < 4.78 is 13.4. The minimum absolute atomic E-state index is 0.0624. The molecule has 1 fully saturated rings. The molecule has 14 heteroatoms. The maximum Gasteiger partial charge on any atom is 0.508 e. The van der Waals surface area contributed by atoms with Crippen molar-refractivity contribution in [1.82, 2.24) is 10.2 Å². The number of alkyl halides is 4. The fourth-order valence-corrected chi connectivity index (χ4v) is 4.91. The first-order valence-corrected chi connectivity index (χ1v) is 13.7. The summed E-state index contributed by atoms with van der Waals surface area (Å²) in [5.41, 5.74) is -1.47. The number of likely N-dealkylation sites (tertiary alicyclic amines) is 1. The first kappa shape index (κ1) is 31.6. The van der Waals surface area contributed by atoms with E-state index in [1.807, 2.05) is 6.07 Å². The highest BCUT2D eigenvalue weighted by Crippen LogP contribution is 2.35. The number of β-lactam (4-membered cyclic amide) rings is 1. The molecule has 0 radical (unpaired) electrons. The van der Waals surface area contributed by atoms with Crippen LogP contribution in [0.1, 0.15) is 33.3 Å². The van der Waals surface area contributed by atoms with Crippen LogP contribution in [0.4, 0.5) is 4.79 Å². The molecule has 2 rings (SSSR count). The molecule has 206 valence electrons. The Hall–Kier alpha value is -1.59. The number of esters is 1. The van der Waals surface area contributed by atoms with Crippen LogP contribution in [0, 0.1) is 0 Å². The normalized spacial score (nSPS) is 19.4. The monoisotopic (exact) mass is 616 g/mol. The van der Waals surface area contributed by atoms with Crippen molar-refractivity contribution in [2.24, 2.45) is 0 Å². The summed E-state index contributed by atoms with van der Waals surface area (Å²) in [6.07, 6.45) is -1.67. The molecule has 1 aromatic carbocycles. The maximum absolute atomic E-state index is 12.9. The first-order chi connectivity index (χ1) is 17.1. The Kier molecular flexibility index (Phi) is 11.5. The van der Waals surface area contributed by atoms with E-state index < -0.39 is 57.1 Å². The zero-order valence-electron chi connectivity index (χ0n) is 20.5. The lowest BCUT2D eigenvalue weighted by Gasteiger charge is -2.48. The van der Waals surface area contributed by atoms with Gasteiger partial charge in [0, 0.05) is 5.75 Å². The highest BCUT2D eigenvalue weighted by molar-refractivity contribution is 8.00. The number of rotatable bonds is 10. The molecule has 1 N–H and O–H groups in total. The predicted octanol–water partition coefficient (Wildman–Crippen LogP) is 4.43. The standard InChI is InChI=1S/C23H28Cl4N2O7S/c1-13(35-21(33)34-12-23(25,26)27)11-37-19-16(28-15(30)10-14-8-6-5-7-9-14)18(31)29(19)17(24)20(32)36-22(2,3)4/h5-9,13,16-17,19H,10-12H2,1-4H3,(H,28,30)/t13?,16-,17?,19-/m0/s1. The minimum Gasteiger partial charge on any atom is -0.458 e. The van der Waals surface area contributed by atoms with Crippen LogP contribution in [0.5, 0.6) is 0 Å². The number of hydrogen-bond donors (Lipinski definition) is 1. The molecule has 0 saturated carbocycles. The fourth-order valence-electron chi connectivity index (χ4n) is 3.11. The van der Waals surface area contributed by atoms with Gasteiger partial charge in [-0.2, -0.15) is 0 Å². The van der Waals surface area contributed by atoms with Crippen LogP contribution >= 0.6 is 58.2 Å². The van der Waals surface area contributed by atoms with E-state index in [9.17, 15) is 19.2 Å². The van der Waals surface area contributed by atoms with E-state index in [1.54, 1.807) is 52.0 Å². The molecular weight excluding hydrogens is 590 g/mol. The van der Waals surface area contributed by atoms with Gasteiger partial charge in [-0.05, 0) is 33.3 Å². The summed E-state index contributed by atoms with van der Waals surface area (Å²) in [5.74, 6) is -1.56. The highest BCUT2D eigenvalue weighted by Gasteiger charge is 2.53. The summed E-state index contributed by atoms with van der Waals surface area (Å²) in [5, 5.41) is 1.97. The number of ether oxygens (including phenoxy) is 3. The Bertz CT molecular complexity index is 972. The van der Waals surface area contributed by atoms with Gasteiger partial charge in [0.25, 0.3) is 5.91 Å². The molecule has 0 spiro atoms. The average Bonchev–Trinajstić information content (AvgIpc) is 2.77. The number of nitrogens with zero attached hydrogens (tertiary/aromatic N) is 1. The number of benzene rings is 1. The summed E-state index contributed by atoms with van der Waals surface area (Å²) in [4.78, 5) is 51.0. The second-order valence-electron chi connectivity index (χ2n) is 9.13. The van der Waals surface area contributed by atoms with Crippen molar-refractivity contribution in [2.45, 2.75) is 66.5 Å². The SMILES string of the molecule is CC(CS[C@H]1[C@@H](NC(=O)Cc2ccccc2)C(=O)N1C(Cl)C(=O)OC(C)(C)C)OC(=O)OCC(Cl)(Cl)Cl. The molecule has 1 heterocycles. The molecule has 1 aromatic rings. The van der Waals surface area contributed by atoms with Crippen molar-refractivity contribution < 1.29 is 33.4 Å². The Morgan fingerprint density at radius 1 is 1.14 bits per heavy atom. The third-order valence-corrected chi connectivity index (χ3v) is 6.82. The van der Waals surface area contributed by atoms with Gasteiger partial charge < -0.3 is 19.5 Å².